The molecule has 0 unspecified atom stereocenters. The van der Waals surface area contributed by atoms with E-state index in [1.807, 2.05) is 17.7 Å². The maximum atomic E-state index is 6.09. The summed E-state index contributed by atoms with van der Waals surface area (Å²) in [6.45, 7) is 0. The fourth-order valence-electron chi connectivity index (χ4n) is 2.91. The van der Waals surface area contributed by atoms with E-state index in [2.05, 4.69) is 9.97 Å². The monoisotopic (exact) mass is 287 g/mol. The SMILES string of the molecule is Cn1c(OC2CCCCC2)nc2cnc(OC3CC3)cc21. The summed E-state index contributed by atoms with van der Waals surface area (Å²) in [7, 11) is 1.99. The number of fused-ring (bicyclic) bond motifs is 1. The first-order chi connectivity index (χ1) is 10.3. The Morgan fingerprint density at radius 2 is 1.81 bits per heavy atom. The van der Waals surface area contributed by atoms with E-state index in [9.17, 15) is 0 Å². The molecule has 0 amide bonds. The van der Waals surface area contributed by atoms with Crippen LogP contribution in [0.1, 0.15) is 44.9 Å². The Bertz CT molecular complexity index is 642. The van der Waals surface area contributed by atoms with E-state index in [0.29, 0.717) is 24.1 Å². The summed E-state index contributed by atoms with van der Waals surface area (Å²) in [5.41, 5.74) is 1.89. The molecule has 2 aliphatic carbocycles. The lowest BCUT2D eigenvalue weighted by molar-refractivity contribution is 0.138. The maximum absolute atomic E-state index is 6.09. The third kappa shape index (κ3) is 2.69. The van der Waals surface area contributed by atoms with Crippen LogP contribution in [0.4, 0.5) is 0 Å². The number of rotatable bonds is 4. The van der Waals surface area contributed by atoms with Gasteiger partial charge in [-0.25, -0.2) is 4.98 Å². The lowest BCUT2D eigenvalue weighted by Gasteiger charge is -2.22. The van der Waals surface area contributed by atoms with E-state index >= 15 is 0 Å². The highest BCUT2D eigenvalue weighted by Gasteiger charge is 2.24. The minimum absolute atomic E-state index is 0.310. The zero-order valence-corrected chi connectivity index (χ0v) is 12.4. The molecule has 112 valence electrons. The molecule has 21 heavy (non-hydrogen) atoms. The summed E-state index contributed by atoms with van der Waals surface area (Å²) in [6, 6.07) is 2.66. The van der Waals surface area contributed by atoms with E-state index in [1.165, 1.54) is 19.3 Å². The van der Waals surface area contributed by atoms with Crippen LogP contribution in [0, 0.1) is 0 Å². The van der Waals surface area contributed by atoms with Crippen molar-refractivity contribution < 1.29 is 9.47 Å². The average molecular weight is 287 g/mol. The minimum atomic E-state index is 0.310. The lowest BCUT2D eigenvalue weighted by Crippen LogP contribution is -2.21. The van der Waals surface area contributed by atoms with Crippen molar-refractivity contribution in [2.45, 2.75) is 57.2 Å². The zero-order chi connectivity index (χ0) is 14.2. The molecule has 2 aliphatic rings. The fraction of sp³-hybridized carbons (Fsp3) is 0.625. The third-order valence-corrected chi connectivity index (χ3v) is 4.34. The topological polar surface area (TPSA) is 49.2 Å². The molecule has 5 nitrogen and oxygen atoms in total. The second kappa shape index (κ2) is 5.20. The largest absolute Gasteiger partial charge is 0.474 e. The Morgan fingerprint density at radius 1 is 1.05 bits per heavy atom. The molecule has 0 N–H and O–H groups in total. The van der Waals surface area contributed by atoms with Gasteiger partial charge in [-0.15, -0.1) is 0 Å². The van der Waals surface area contributed by atoms with Gasteiger partial charge in [0.05, 0.1) is 11.7 Å². The summed E-state index contributed by atoms with van der Waals surface area (Å²) < 4.78 is 13.8. The van der Waals surface area contributed by atoms with Crippen molar-refractivity contribution in [2.24, 2.45) is 7.05 Å². The Balaban J connectivity index is 1.58. The highest BCUT2D eigenvalue weighted by Crippen LogP contribution is 2.29. The predicted molar refractivity (Wildman–Crippen MR) is 79.7 cm³/mol. The van der Waals surface area contributed by atoms with Gasteiger partial charge >= 0.3 is 0 Å². The van der Waals surface area contributed by atoms with E-state index in [4.69, 9.17) is 9.47 Å². The second-order valence-corrected chi connectivity index (χ2v) is 6.16. The Labute approximate surface area is 124 Å². The van der Waals surface area contributed by atoms with Crippen molar-refractivity contribution in [3.05, 3.63) is 12.3 Å². The van der Waals surface area contributed by atoms with Gasteiger partial charge in [0, 0.05) is 13.1 Å². The summed E-state index contributed by atoms with van der Waals surface area (Å²) in [5, 5.41) is 0. The number of aryl methyl sites for hydroxylation is 1. The number of ether oxygens (including phenoxy) is 2. The fourth-order valence-corrected chi connectivity index (χ4v) is 2.91. The summed E-state index contributed by atoms with van der Waals surface area (Å²) in [5.74, 6) is 0.692. The first-order valence-electron chi connectivity index (χ1n) is 7.95. The molecule has 5 heteroatoms. The van der Waals surface area contributed by atoms with Crippen LogP contribution in [-0.4, -0.2) is 26.7 Å². The van der Waals surface area contributed by atoms with Gasteiger partial charge in [-0.2, -0.15) is 4.98 Å². The highest BCUT2D eigenvalue weighted by atomic mass is 16.5. The van der Waals surface area contributed by atoms with Crippen molar-refractivity contribution in [2.75, 3.05) is 0 Å². The van der Waals surface area contributed by atoms with Gasteiger partial charge in [0.15, 0.2) is 0 Å². The normalized spacial score (nSPS) is 19.9. The molecule has 0 radical (unpaired) electrons. The van der Waals surface area contributed by atoms with Crippen molar-refractivity contribution >= 4 is 11.0 Å². The third-order valence-electron chi connectivity index (χ3n) is 4.34. The average Bonchev–Trinajstić information content (AvgIpc) is 3.27. The molecule has 2 heterocycles. The van der Waals surface area contributed by atoms with Crippen LogP contribution in [0.25, 0.3) is 11.0 Å². The Morgan fingerprint density at radius 3 is 2.57 bits per heavy atom. The molecule has 0 aliphatic heterocycles. The van der Waals surface area contributed by atoms with Gasteiger partial charge in [-0.3, -0.25) is 4.57 Å². The van der Waals surface area contributed by atoms with Crippen LogP contribution in [-0.2, 0) is 7.05 Å². The van der Waals surface area contributed by atoms with E-state index in [1.54, 1.807) is 6.20 Å². The van der Waals surface area contributed by atoms with Crippen LogP contribution in [0.5, 0.6) is 11.9 Å². The number of hydrogen-bond donors (Lipinski definition) is 0. The summed E-state index contributed by atoms with van der Waals surface area (Å²) >= 11 is 0. The smallest absolute Gasteiger partial charge is 0.297 e. The maximum Gasteiger partial charge on any atom is 0.297 e. The molecular formula is C16H21N3O2. The van der Waals surface area contributed by atoms with Crippen LogP contribution in [0.3, 0.4) is 0 Å². The number of nitrogens with zero attached hydrogens (tertiary/aromatic N) is 3. The molecule has 0 spiro atoms. The molecule has 2 saturated carbocycles. The zero-order valence-electron chi connectivity index (χ0n) is 12.4. The van der Waals surface area contributed by atoms with Crippen LogP contribution in [0.15, 0.2) is 12.3 Å². The van der Waals surface area contributed by atoms with Gasteiger partial charge in [-0.1, -0.05) is 6.42 Å². The Kier molecular flexibility index (Phi) is 3.20. The molecule has 2 aromatic rings. The van der Waals surface area contributed by atoms with Gasteiger partial charge in [0.2, 0.25) is 5.88 Å². The molecule has 0 saturated heterocycles. The molecule has 2 fully saturated rings. The summed E-state index contributed by atoms with van der Waals surface area (Å²) in [6.07, 6.45) is 10.8. The van der Waals surface area contributed by atoms with Gasteiger partial charge in [0.1, 0.15) is 17.7 Å². The lowest BCUT2D eigenvalue weighted by atomic mass is 9.98. The van der Waals surface area contributed by atoms with Crippen molar-refractivity contribution in [1.29, 1.82) is 0 Å². The molecule has 0 aromatic carbocycles. The van der Waals surface area contributed by atoms with Crippen molar-refractivity contribution in [3.63, 3.8) is 0 Å². The standard InChI is InChI=1S/C16H21N3O2/c1-19-14-9-15(20-12-7-8-12)17-10-13(14)18-16(19)21-11-5-3-2-4-6-11/h9-12H,2-8H2,1H3. The van der Waals surface area contributed by atoms with Crippen LogP contribution >= 0.6 is 0 Å². The van der Waals surface area contributed by atoms with Gasteiger partial charge in [-0.05, 0) is 38.5 Å². The minimum Gasteiger partial charge on any atom is -0.474 e. The second-order valence-electron chi connectivity index (χ2n) is 6.16. The molecule has 0 bridgehead atoms. The quantitative estimate of drug-likeness (QED) is 0.866. The van der Waals surface area contributed by atoms with Crippen molar-refractivity contribution in [3.8, 4) is 11.9 Å². The number of aromatic nitrogens is 3. The first-order valence-corrected chi connectivity index (χ1v) is 7.95. The van der Waals surface area contributed by atoms with Gasteiger partial charge in [0.25, 0.3) is 6.01 Å². The molecule has 0 atom stereocenters. The van der Waals surface area contributed by atoms with Crippen molar-refractivity contribution in [1.82, 2.24) is 14.5 Å². The first kappa shape index (κ1) is 12.9. The van der Waals surface area contributed by atoms with E-state index in [0.717, 1.165) is 36.7 Å². The number of hydrogen-bond acceptors (Lipinski definition) is 4. The number of pyridine rings is 1. The van der Waals surface area contributed by atoms with Crippen LogP contribution < -0.4 is 9.47 Å². The van der Waals surface area contributed by atoms with Gasteiger partial charge < -0.3 is 9.47 Å². The predicted octanol–water partition coefficient (Wildman–Crippen LogP) is 3.22. The molecule has 2 aromatic heterocycles. The van der Waals surface area contributed by atoms with Crippen LogP contribution in [0.2, 0.25) is 0 Å². The molecule has 4 rings (SSSR count). The highest BCUT2D eigenvalue weighted by molar-refractivity contribution is 5.76. The molecular weight excluding hydrogens is 266 g/mol. The Hall–Kier alpha value is -1.78. The summed E-state index contributed by atoms with van der Waals surface area (Å²) in [4.78, 5) is 8.90. The van der Waals surface area contributed by atoms with E-state index in [-0.39, 0.29) is 0 Å². The van der Waals surface area contributed by atoms with E-state index < -0.39 is 0 Å². The number of imidazole rings is 1.